The molecule has 1 heterocycles. The summed E-state index contributed by atoms with van der Waals surface area (Å²) in [5.41, 5.74) is 4.38. The van der Waals surface area contributed by atoms with E-state index in [0.717, 1.165) is 17.5 Å². The number of aromatic nitrogens is 1. The lowest BCUT2D eigenvalue weighted by Crippen LogP contribution is -2.23. The third-order valence-corrected chi connectivity index (χ3v) is 3.97. The van der Waals surface area contributed by atoms with E-state index in [9.17, 15) is 4.79 Å². The summed E-state index contributed by atoms with van der Waals surface area (Å²) < 4.78 is 0. The molecular weight excluding hydrogens is 320 g/mol. The Kier molecular flexibility index (Phi) is 6.17. The minimum absolute atomic E-state index is 0.0117. The van der Waals surface area contributed by atoms with Crippen LogP contribution in [0.1, 0.15) is 17.5 Å². The average Bonchev–Trinajstić information content (AvgIpc) is 2.71. The molecule has 0 unspecified atom stereocenters. The van der Waals surface area contributed by atoms with Crippen molar-refractivity contribution in [1.82, 2.24) is 10.3 Å². The van der Waals surface area contributed by atoms with Crippen molar-refractivity contribution in [2.24, 2.45) is 0 Å². The van der Waals surface area contributed by atoms with Gasteiger partial charge in [-0.05, 0) is 35.2 Å². The molecule has 0 saturated carbocycles. The van der Waals surface area contributed by atoms with E-state index in [1.165, 1.54) is 11.1 Å². The molecule has 1 N–H and O–H groups in total. The minimum atomic E-state index is 0.0117. The first-order chi connectivity index (χ1) is 12.8. The van der Waals surface area contributed by atoms with Crippen molar-refractivity contribution in [3.05, 3.63) is 90.3 Å². The summed E-state index contributed by atoms with van der Waals surface area (Å²) in [6.45, 7) is 0.348. The topological polar surface area (TPSA) is 42.0 Å². The number of hydrogen-bond acceptors (Lipinski definition) is 2. The van der Waals surface area contributed by atoms with Crippen molar-refractivity contribution in [2.75, 3.05) is 6.54 Å². The molecule has 0 bridgehead atoms. The highest BCUT2D eigenvalue weighted by Crippen LogP contribution is 2.19. The fourth-order valence-electron chi connectivity index (χ4n) is 2.57. The average molecular weight is 340 g/mol. The van der Waals surface area contributed by atoms with E-state index >= 15 is 0 Å². The van der Waals surface area contributed by atoms with Gasteiger partial charge < -0.3 is 5.32 Å². The molecule has 2 aromatic carbocycles. The Balaban J connectivity index is 1.44. The zero-order valence-corrected chi connectivity index (χ0v) is 14.5. The third kappa shape index (κ3) is 5.32. The predicted octanol–water partition coefficient (Wildman–Crippen LogP) is 3.85. The van der Waals surface area contributed by atoms with Gasteiger partial charge in [0.1, 0.15) is 0 Å². The quantitative estimate of drug-likeness (QED) is 0.717. The Morgan fingerprint density at radius 1 is 0.923 bits per heavy atom. The predicted molar refractivity (Wildman–Crippen MR) is 104 cm³/mol. The fourth-order valence-corrected chi connectivity index (χ4v) is 2.57. The Morgan fingerprint density at radius 2 is 1.69 bits per heavy atom. The maximum Gasteiger partial charge on any atom is 0.221 e. The Bertz CT molecular complexity index is 892. The van der Waals surface area contributed by atoms with Crippen molar-refractivity contribution in [1.29, 1.82) is 0 Å². The standard InChI is InChI=1S/C23H20N2O/c26-23(25-17-5-7-20-6-4-16-24-18-20)15-12-19-10-13-22(14-11-19)21-8-2-1-3-9-21/h1-4,6,8-11,13-14,16,18H,12,15,17H2,(H,25,26). The summed E-state index contributed by atoms with van der Waals surface area (Å²) >= 11 is 0. The second kappa shape index (κ2) is 9.19. The number of nitrogens with one attached hydrogen (secondary N) is 1. The van der Waals surface area contributed by atoms with Crippen LogP contribution in [-0.2, 0) is 11.2 Å². The number of benzene rings is 2. The van der Waals surface area contributed by atoms with Crippen LogP contribution in [0.2, 0.25) is 0 Å². The van der Waals surface area contributed by atoms with Crippen LogP contribution in [0.3, 0.4) is 0 Å². The summed E-state index contributed by atoms with van der Waals surface area (Å²) in [5, 5.41) is 2.83. The molecule has 0 saturated heterocycles. The highest BCUT2D eigenvalue weighted by Gasteiger charge is 2.02. The second-order valence-electron chi connectivity index (χ2n) is 5.88. The van der Waals surface area contributed by atoms with E-state index in [0.29, 0.717) is 13.0 Å². The van der Waals surface area contributed by atoms with Crippen LogP contribution in [0.4, 0.5) is 0 Å². The zero-order valence-electron chi connectivity index (χ0n) is 14.5. The van der Waals surface area contributed by atoms with Crippen LogP contribution < -0.4 is 5.32 Å². The van der Waals surface area contributed by atoms with Gasteiger partial charge in [-0.3, -0.25) is 9.78 Å². The summed E-state index contributed by atoms with van der Waals surface area (Å²) in [6, 6.07) is 22.4. The molecule has 0 aliphatic heterocycles. The number of carbonyl (C=O) groups is 1. The SMILES string of the molecule is O=C(CCc1ccc(-c2ccccc2)cc1)NCC#Cc1cccnc1. The molecule has 3 heteroatoms. The molecular formula is C23H20N2O. The van der Waals surface area contributed by atoms with Crippen LogP contribution in [0, 0.1) is 11.8 Å². The largest absolute Gasteiger partial charge is 0.345 e. The molecule has 3 aromatic rings. The summed E-state index contributed by atoms with van der Waals surface area (Å²) in [6.07, 6.45) is 4.59. The van der Waals surface area contributed by atoms with E-state index in [4.69, 9.17) is 0 Å². The molecule has 3 nitrogen and oxygen atoms in total. The molecule has 0 spiro atoms. The fraction of sp³-hybridized carbons (Fsp3) is 0.130. The van der Waals surface area contributed by atoms with Gasteiger partial charge in [0.25, 0.3) is 0 Å². The van der Waals surface area contributed by atoms with E-state index in [1.54, 1.807) is 12.4 Å². The van der Waals surface area contributed by atoms with Gasteiger partial charge in [-0.2, -0.15) is 0 Å². The van der Waals surface area contributed by atoms with Crippen molar-refractivity contribution in [3.8, 4) is 23.0 Å². The van der Waals surface area contributed by atoms with Gasteiger partial charge in [-0.1, -0.05) is 66.4 Å². The molecule has 128 valence electrons. The molecule has 26 heavy (non-hydrogen) atoms. The Labute approximate surface area is 154 Å². The molecule has 0 fully saturated rings. The van der Waals surface area contributed by atoms with Crippen molar-refractivity contribution >= 4 is 5.91 Å². The van der Waals surface area contributed by atoms with Gasteiger partial charge in [0.05, 0.1) is 6.54 Å². The molecule has 3 rings (SSSR count). The Morgan fingerprint density at radius 3 is 2.42 bits per heavy atom. The maximum atomic E-state index is 11.9. The van der Waals surface area contributed by atoms with Crippen molar-refractivity contribution < 1.29 is 4.79 Å². The minimum Gasteiger partial charge on any atom is -0.345 e. The summed E-state index contributed by atoms with van der Waals surface area (Å²) in [7, 11) is 0. The monoisotopic (exact) mass is 340 g/mol. The highest BCUT2D eigenvalue weighted by atomic mass is 16.1. The van der Waals surface area contributed by atoms with Gasteiger partial charge in [0, 0.05) is 24.4 Å². The first kappa shape index (κ1) is 17.4. The van der Waals surface area contributed by atoms with Gasteiger partial charge in [0.15, 0.2) is 0 Å². The lowest BCUT2D eigenvalue weighted by Gasteiger charge is -2.05. The number of pyridine rings is 1. The van der Waals surface area contributed by atoms with Gasteiger partial charge in [0.2, 0.25) is 5.91 Å². The number of amides is 1. The van der Waals surface area contributed by atoms with Crippen LogP contribution >= 0.6 is 0 Å². The van der Waals surface area contributed by atoms with Gasteiger partial charge >= 0.3 is 0 Å². The van der Waals surface area contributed by atoms with Crippen LogP contribution in [0.5, 0.6) is 0 Å². The lowest BCUT2D eigenvalue weighted by molar-refractivity contribution is -0.120. The zero-order chi connectivity index (χ0) is 18.0. The molecule has 0 aliphatic rings. The number of hydrogen-bond donors (Lipinski definition) is 1. The van der Waals surface area contributed by atoms with E-state index in [2.05, 4.69) is 58.5 Å². The molecule has 0 atom stereocenters. The first-order valence-electron chi connectivity index (χ1n) is 8.61. The maximum absolute atomic E-state index is 11.9. The van der Waals surface area contributed by atoms with Gasteiger partial charge in [-0.15, -0.1) is 0 Å². The number of aryl methyl sites for hydroxylation is 1. The number of nitrogens with zero attached hydrogens (tertiary/aromatic N) is 1. The molecule has 0 radical (unpaired) electrons. The summed E-state index contributed by atoms with van der Waals surface area (Å²) in [5.74, 6) is 5.91. The lowest BCUT2D eigenvalue weighted by atomic mass is 10.0. The summed E-state index contributed by atoms with van der Waals surface area (Å²) in [4.78, 5) is 15.9. The van der Waals surface area contributed by atoms with Crippen molar-refractivity contribution in [3.63, 3.8) is 0 Å². The number of rotatable bonds is 5. The van der Waals surface area contributed by atoms with Crippen molar-refractivity contribution in [2.45, 2.75) is 12.8 Å². The van der Waals surface area contributed by atoms with Crippen LogP contribution in [0.15, 0.2) is 79.1 Å². The highest BCUT2D eigenvalue weighted by molar-refractivity contribution is 5.76. The van der Waals surface area contributed by atoms with Crippen LogP contribution in [-0.4, -0.2) is 17.4 Å². The van der Waals surface area contributed by atoms with E-state index in [1.807, 2.05) is 30.3 Å². The van der Waals surface area contributed by atoms with E-state index < -0.39 is 0 Å². The van der Waals surface area contributed by atoms with E-state index in [-0.39, 0.29) is 5.91 Å². The molecule has 1 amide bonds. The molecule has 0 aliphatic carbocycles. The number of carbonyl (C=O) groups excluding carboxylic acids is 1. The molecule has 1 aromatic heterocycles. The van der Waals surface area contributed by atoms with Gasteiger partial charge in [-0.25, -0.2) is 0 Å². The Hall–Kier alpha value is -3.38. The first-order valence-corrected chi connectivity index (χ1v) is 8.61. The third-order valence-electron chi connectivity index (χ3n) is 3.97. The second-order valence-corrected chi connectivity index (χ2v) is 5.88. The normalized spacial score (nSPS) is 9.85. The van der Waals surface area contributed by atoms with Crippen LogP contribution in [0.25, 0.3) is 11.1 Å². The smallest absolute Gasteiger partial charge is 0.221 e.